The molecule has 0 atom stereocenters. The molecule has 1 amide bonds. The molecule has 1 aromatic heterocycles. The third-order valence-corrected chi connectivity index (χ3v) is 1.81. The highest BCUT2D eigenvalue weighted by atomic mass is 35.5. The van der Waals surface area contributed by atoms with Crippen molar-refractivity contribution in [1.29, 1.82) is 0 Å². The van der Waals surface area contributed by atoms with E-state index in [0.29, 0.717) is 5.75 Å². The minimum absolute atomic E-state index is 0.0478. The van der Waals surface area contributed by atoms with Crippen molar-refractivity contribution in [3.8, 4) is 17.6 Å². The lowest BCUT2D eigenvalue weighted by Gasteiger charge is -1.99. The summed E-state index contributed by atoms with van der Waals surface area (Å²) >= 11 is 5.28. The van der Waals surface area contributed by atoms with Gasteiger partial charge >= 0.3 is 0 Å². The zero-order valence-corrected chi connectivity index (χ0v) is 9.33. The molecule has 1 aromatic rings. The first-order valence-corrected chi connectivity index (χ1v) is 5.17. The fourth-order valence-corrected chi connectivity index (χ4v) is 0.950. The predicted octanol–water partition coefficient (Wildman–Crippen LogP) is 0.819. The van der Waals surface area contributed by atoms with Crippen LogP contribution in [0.15, 0.2) is 24.5 Å². The third kappa shape index (κ3) is 5.23. The number of amides is 1. The fourth-order valence-electron chi connectivity index (χ4n) is 0.855. The predicted molar refractivity (Wildman–Crippen MR) is 61.2 cm³/mol. The van der Waals surface area contributed by atoms with Crippen LogP contribution in [0.3, 0.4) is 0 Å². The number of alkyl halides is 1. The van der Waals surface area contributed by atoms with Crippen LogP contribution in [-0.2, 0) is 4.79 Å². The Kier molecular flexibility index (Phi) is 5.82. The maximum absolute atomic E-state index is 10.7. The van der Waals surface area contributed by atoms with Gasteiger partial charge in [0.25, 0.3) is 0 Å². The normalized spacial score (nSPS) is 8.81. The van der Waals surface area contributed by atoms with Crippen molar-refractivity contribution in [3.05, 3.63) is 24.5 Å². The van der Waals surface area contributed by atoms with Gasteiger partial charge in [-0.15, -0.1) is 11.6 Å². The smallest absolute Gasteiger partial charge is 0.235 e. The minimum Gasteiger partial charge on any atom is -0.479 e. The number of nitrogens with one attached hydrogen (secondary N) is 1. The molecule has 1 N–H and O–H groups in total. The van der Waals surface area contributed by atoms with E-state index in [1.54, 1.807) is 24.5 Å². The Bertz CT molecular complexity index is 384. The van der Waals surface area contributed by atoms with Gasteiger partial charge in [0.2, 0.25) is 5.91 Å². The Labute approximate surface area is 99.0 Å². The standard InChI is InChI=1S/C11H11ClN2O2/c12-8-11(15)14-6-1-2-7-16-10-4-3-5-13-9-10/h3-5,9H,6-8H2,(H,14,15). The number of ether oxygens (including phenoxy) is 1. The summed E-state index contributed by atoms with van der Waals surface area (Å²) < 4.78 is 5.26. The van der Waals surface area contributed by atoms with E-state index in [9.17, 15) is 4.79 Å². The monoisotopic (exact) mass is 238 g/mol. The van der Waals surface area contributed by atoms with Crippen LogP contribution in [0.5, 0.6) is 5.75 Å². The van der Waals surface area contributed by atoms with Crippen LogP contribution in [0.4, 0.5) is 0 Å². The molecule has 1 rings (SSSR count). The van der Waals surface area contributed by atoms with Gasteiger partial charge < -0.3 is 10.1 Å². The molecule has 1 heterocycles. The Morgan fingerprint density at radius 3 is 3.12 bits per heavy atom. The Morgan fingerprint density at radius 1 is 1.56 bits per heavy atom. The molecule has 0 unspecified atom stereocenters. The zero-order chi connectivity index (χ0) is 11.6. The maximum atomic E-state index is 10.7. The van der Waals surface area contributed by atoms with Gasteiger partial charge in [0.1, 0.15) is 18.2 Å². The number of hydrogen-bond donors (Lipinski definition) is 1. The molecule has 0 aliphatic rings. The summed E-state index contributed by atoms with van der Waals surface area (Å²) in [6.07, 6.45) is 3.27. The first-order valence-electron chi connectivity index (χ1n) is 4.64. The summed E-state index contributed by atoms with van der Waals surface area (Å²) in [7, 11) is 0. The molecule has 0 radical (unpaired) electrons. The van der Waals surface area contributed by atoms with Crippen molar-refractivity contribution >= 4 is 17.5 Å². The van der Waals surface area contributed by atoms with Crippen LogP contribution in [0.1, 0.15) is 0 Å². The number of pyridine rings is 1. The van der Waals surface area contributed by atoms with E-state index in [-0.39, 0.29) is 24.9 Å². The molecule has 0 bridgehead atoms. The number of carbonyl (C=O) groups excluding carboxylic acids is 1. The van der Waals surface area contributed by atoms with E-state index in [0.717, 1.165) is 0 Å². The van der Waals surface area contributed by atoms with Crippen LogP contribution in [0.2, 0.25) is 0 Å². The highest BCUT2D eigenvalue weighted by Gasteiger charge is 1.92. The second-order valence-electron chi connectivity index (χ2n) is 2.74. The molecule has 5 heteroatoms. The number of carbonyl (C=O) groups is 1. The van der Waals surface area contributed by atoms with Gasteiger partial charge in [-0.2, -0.15) is 0 Å². The average molecular weight is 239 g/mol. The largest absolute Gasteiger partial charge is 0.479 e. The number of nitrogens with zero attached hydrogens (tertiary/aromatic N) is 1. The van der Waals surface area contributed by atoms with Crippen LogP contribution in [0, 0.1) is 11.8 Å². The SMILES string of the molecule is O=C(CCl)NCC#CCOc1cccnc1. The van der Waals surface area contributed by atoms with Crippen molar-refractivity contribution in [2.24, 2.45) is 0 Å². The maximum Gasteiger partial charge on any atom is 0.235 e. The van der Waals surface area contributed by atoms with Crippen LogP contribution >= 0.6 is 11.6 Å². The minimum atomic E-state index is -0.232. The van der Waals surface area contributed by atoms with E-state index >= 15 is 0 Å². The second-order valence-corrected chi connectivity index (χ2v) is 3.01. The molecule has 84 valence electrons. The molecule has 0 spiro atoms. The van der Waals surface area contributed by atoms with Crippen molar-refractivity contribution < 1.29 is 9.53 Å². The van der Waals surface area contributed by atoms with E-state index in [1.165, 1.54) is 0 Å². The quantitative estimate of drug-likeness (QED) is 0.624. The fraction of sp³-hybridized carbons (Fsp3) is 0.273. The number of rotatable bonds is 4. The first kappa shape index (κ1) is 12.3. The van der Waals surface area contributed by atoms with E-state index in [2.05, 4.69) is 22.1 Å². The highest BCUT2D eigenvalue weighted by Crippen LogP contribution is 2.04. The van der Waals surface area contributed by atoms with Crippen LogP contribution < -0.4 is 10.1 Å². The number of halogens is 1. The van der Waals surface area contributed by atoms with Gasteiger partial charge in [0.05, 0.1) is 12.7 Å². The molecule has 0 saturated carbocycles. The third-order valence-electron chi connectivity index (χ3n) is 1.57. The zero-order valence-electron chi connectivity index (χ0n) is 8.57. The topological polar surface area (TPSA) is 51.2 Å². The van der Waals surface area contributed by atoms with Crippen LogP contribution in [-0.4, -0.2) is 29.9 Å². The molecule has 4 nitrogen and oxygen atoms in total. The molecule has 16 heavy (non-hydrogen) atoms. The van der Waals surface area contributed by atoms with Gasteiger partial charge in [-0.1, -0.05) is 11.8 Å². The molecular weight excluding hydrogens is 228 g/mol. The number of aromatic nitrogens is 1. The summed E-state index contributed by atoms with van der Waals surface area (Å²) in [5.74, 6) is 5.88. The van der Waals surface area contributed by atoms with E-state index in [4.69, 9.17) is 16.3 Å². The summed E-state index contributed by atoms with van der Waals surface area (Å²) in [5.41, 5.74) is 0. The second kappa shape index (κ2) is 7.55. The van der Waals surface area contributed by atoms with Crippen molar-refractivity contribution in [2.75, 3.05) is 19.0 Å². The van der Waals surface area contributed by atoms with Gasteiger partial charge in [0.15, 0.2) is 0 Å². The number of hydrogen-bond acceptors (Lipinski definition) is 3. The van der Waals surface area contributed by atoms with Gasteiger partial charge in [-0.25, -0.2) is 0 Å². The molecule has 0 aliphatic carbocycles. The van der Waals surface area contributed by atoms with E-state index in [1.807, 2.05) is 0 Å². The van der Waals surface area contributed by atoms with Gasteiger partial charge in [-0.05, 0) is 12.1 Å². The summed E-state index contributed by atoms with van der Waals surface area (Å²) in [4.78, 5) is 14.6. The molecule has 0 fully saturated rings. The van der Waals surface area contributed by atoms with Crippen LogP contribution in [0.25, 0.3) is 0 Å². The van der Waals surface area contributed by atoms with Gasteiger partial charge in [-0.3, -0.25) is 9.78 Å². The van der Waals surface area contributed by atoms with Crippen molar-refractivity contribution in [1.82, 2.24) is 10.3 Å². The molecule has 0 aromatic carbocycles. The summed E-state index contributed by atoms with van der Waals surface area (Å²) in [5, 5.41) is 2.52. The molecule has 0 saturated heterocycles. The van der Waals surface area contributed by atoms with Gasteiger partial charge in [0, 0.05) is 6.20 Å². The molecular formula is C11H11ClN2O2. The average Bonchev–Trinajstić information content (AvgIpc) is 2.34. The summed E-state index contributed by atoms with van der Waals surface area (Å²) in [6, 6.07) is 3.58. The Hall–Kier alpha value is -1.73. The first-order chi connectivity index (χ1) is 7.83. The highest BCUT2D eigenvalue weighted by molar-refractivity contribution is 6.27. The van der Waals surface area contributed by atoms with E-state index < -0.39 is 0 Å². The lowest BCUT2D eigenvalue weighted by atomic mass is 10.5. The van der Waals surface area contributed by atoms with Crippen molar-refractivity contribution in [2.45, 2.75) is 0 Å². The lowest BCUT2D eigenvalue weighted by Crippen LogP contribution is -2.24. The Morgan fingerprint density at radius 2 is 2.44 bits per heavy atom. The molecule has 0 aliphatic heterocycles. The van der Waals surface area contributed by atoms with Crippen molar-refractivity contribution in [3.63, 3.8) is 0 Å². The summed E-state index contributed by atoms with van der Waals surface area (Å²) in [6.45, 7) is 0.546. The lowest BCUT2D eigenvalue weighted by molar-refractivity contribution is -0.118. The Balaban J connectivity index is 2.16.